The van der Waals surface area contributed by atoms with Crippen LogP contribution in [-0.2, 0) is 0 Å². The van der Waals surface area contributed by atoms with Crippen molar-refractivity contribution in [2.24, 2.45) is 5.73 Å². The zero-order chi connectivity index (χ0) is 9.26. The van der Waals surface area contributed by atoms with Gasteiger partial charge in [-0.3, -0.25) is 0 Å². The smallest absolute Gasteiger partial charge is 0.0412 e. The van der Waals surface area contributed by atoms with Crippen LogP contribution in [0.5, 0.6) is 0 Å². The van der Waals surface area contributed by atoms with E-state index in [9.17, 15) is 0 Å². The Kier molecular flexibility index (Phi) is 6.03. The topological polar surface area (TPSA) is 29.3 Å². The molecule has 1 aliphatic rings. The molecule has 1 heterocycles. The zero-order valence-corrected chi connectivity index (χ0v) is 10.5. The van der Waals surface area contributed by atoms with E-state index in [4.69, 9.17) is 5.73 Å². The first-order chi connectivity index (χ1) is 6.29. The molecule has 4 heteroatoms. The molecule has 2 rings (SSSR count). The Morgan fingerprint density at radius 3 is 2.67 bits per heavy atom. The fraction of sp³-hybridized carbons (Fsp3) is 0.455. The van der Waals surface area contributed by atoms with E-state index < -0.39 is 0 Å². The number of fused-ring (bicyclic) bond motifs is 1. The minimum Gasteiger partial charge on any atom is -0.374 e. The summed E-state index contributed by atoms with van der Waals surface area (Å²) in [6.07, 6.45) is 2.29. The molecule has 86 valence electrons. The van der Waals surface area contributed by atoms with Crippen LogP contribution in [0.1, 0.15) is 24.4 Å². The molecule has 1 aromatic rings. The highest BCUT2D eigenvalue weighted by Crippen LogP contribution is 2.29. The van der Waals surface area contributed by atoms with Crippen LogP contribution < -0.4 is 10.6 Å². The number of nitrogens with two attached hydrogens (primary N) is 1. The van der Waals surface area contributed by atoms with Crippen molar-refractivity contribution in [2.75, 3.05) is 18.5 Å². The monoisotopic (exact) mass is 248 g/mol. The van der Waals surface area contributed by atoms with Gasteiger partial charge in [0.1, 0.15) is 0 Å². The molecular formula is C11H18Cl2N2. The van der Waals surface area contributed by atoms with Gasteiger partial charge in [-0.15, -0.1) is 24.8 Å². The van der Waals surface area contributed by atoms with Gasteiger partial charge in [0.2, 0.25) is 0 Å². The lowest BCUT2D eigenvalue weighted by Gasteiger charge is -2.19. The van der Waals surface area contributed by atoms with Gasteiger partial charge in [0.25, 0.3) is 0 Å². The molecule has 0 fully saturated rings. The van der Waals surface area contributed by atoms with Gasteiger partial charge in [0, 0.05) is 25.3 Å². The van der Waals surface area contributed by atoms with E-state index in [0.29, 0.717) is 0 Å². The maximum Gasteiger partial charge on any atom is 0.0412 e. The molecule has 0 bridgehead atoms. The zero-order valence-electron chi connectivity index (χ0n) is 8.85. The summed E-state index contributed by atoms with van der Waals surface area (Å²) in [5, 5.41) is 0. The van der Waals surface area contributed by atoms with E-state index in [0.717, 1.165) is 13.0 Å². The lowest BCUT2D eigenvalue weighted by atomic mass is 10.0. The maximum atomic E-state index is 6.08. The average Bonchev–Trinajstić information content (AvgIpc) is 2.29. The fourth-order valence-electron chi connectivity index (χ4n) is 1.97. The van der Waals surface area contributed by atoms with Crippen LogP contribution >= 0.6 is 24.8 Å². The summed E-state index contributed by atoms with van der Waals surface area (Å²) in [7, 11) is 2.14. The Morgan fingerprint density at radius 2 is 1.93 bits per heavy atom. The maximum absolute atomic E-state index is 6.08. The van der Waals surface area contributed by atoms with Crippen molar-refractivity contribution in [1.82, 2.24) is 0 Å². The highest BCUT2D eigenvalue weighted by molar-refractivity contribution is 5.85. The lowest BCUT2D eigenvalue weighted by molar-refractivity contribution is 0.633. The third kappa shape index (κ3) is 3.00. The molecule has 0 radical (unpaired) electrons. The van der Waals surface area contributed by atoms with Crippen molar-refractivity contribution >= 4 is 30.5 Å². The summed E-state index contributed by atoms with van der Waals surface area (Å²) >= 11 is 0. The van der Waals surface area contributed by atoms with Crippen LogP contribution in [0.2, 0.25) is 0 Å². The van der Waals surface area contributed by atoms with E-state index in [1.165, 1.54) is 17.7 Å². The molecule has 0 saturated carbocycles. The number of benzene rings is 1. The van der Waals surface area contributed by atoms with Gasteiger partial charge in [-0.1, -0.05) is 18.2 Å². The van der Waals surface area contributed by atoms with Crippen LogP contribution in [0.3, 0.4) is 0 Å². The molecular weight excluding hydrogens is 231 g/mol. The second-order valence-electron chi connectivity index (χ2n) is 3.73. The van der Waals surface area contributed by atoms with Crippen LogP contribution in [0.15, 0.2) is 24.3 Å². The number of para-hydroxylation sites is 1. The third-order valence-electron chi connectivity index (χ3n) is 2.76. The van der Waals surface area contributed by atoms with Gasteiger partial charge >= 0.3 is 0 Å². The minimum absolute atomic E-state index is 0. The Morgan fingerprint density at radius 1 is 1.27 bits per heavy atom. The van der Waals surface area contributed by atoms with Crippen molar-refractivity contribution in [3.8, 4) is 0 Å². The number of halogens is 2. The Balaban J connectivity index is 0.000000980. The van der Waals surface area contributed by atoms with Gasteiger partial charge in [-0.2, -0.15) is 0 Å². The van der Waals surface area contributed by atoms with E-state index in [1.807, 2.05) is 0 Å². The standard InChI is InChI=1S/C11H16N2.2ClH/c1-13-8-4-6-10(12)9-5-2-3-7-11(9)13;;/h2-3,5,7,10H,4,6,8,12H2,1H3;2*1H. The summed E-state index contributed by atoms with van der Waals surface area (Å²) < 4.78 is 0. The van der Waals surface area contributed by atoms with Crippen LogP contribution in [0.4, 0.5) is 5.69 Å². The molecule has 15 heavy (non-hydrogen) atoms. The highest BCUT2D eigenvalue weighted by Gasteiger charge is 2.16. The van der Waals surface area contributed by atoms with Crippen molar-refractivity contribution in [1.29, 1.82) is 0 Å². The first-order valence-electron chi connectivity index (χ1n) is 4.84. The van der Waals surface area contributed by atoms with E-state index in [2.05, 4.69) is 36.2 Å². The summed E-state index contributed by atoms with van der Waals surface area (Å²) in [6.45, 7) is 1.12. The minimum atomic E-state index is 0. The molecule has 2 N–H and O–H groups in total. The second kappa shape index (κ2) is 6.21. The second-order valence-corrected chi connectivity index (χ2v) is 3.73. The van der Waals surface area contributed by atoms with E-state index in [-0.39, 0.29) is 30.9 Å². The summed E-state index contributed by atoms with van der Waals surface area (Å²) in [6, 6.07) is 8.66. The molecule has 0 aliphatic carbocycles. The molecule has 0 spiro atoms. The number of hydrogen-bond acceptors (Lipinski definition) is 2. The van der Waals surface area contributed by atoms with Crippen molar-refractivity contribution in [3.63, 3.8) is 0 Å². The van der Waals surface area contributed by atoms with Gasteiger partial charge in [0.15, 0.2) is 0 Å². The first-order valence-corrected chi connectivity index (χ1v) is 4.84. The molecule has 0 saturated heterocycles. The van der Waals surface area contributed by atoms with Gasteiger partial charge in [0.05, 0.1) is 0 Å². The Bertz CT molecular complexity index is 275. The Labute approximate surface area is 104 Å². The largest absolute Gasteiger partial charge is 0.374 e. The lowest BCUT2D eigenvalue weighted by Crippen LogP contribution is -2.17. The van der Waals surface area contributed by atoms with Gasteiger partial charge in [-0.05, 0) is 24.5 Å². The number of nitrogens with zero attached hydrogens (tertiary/aromatic N) is 1. The Hall–Kier alpha value is -0.440. The van der Waals surface area contributed by atoms with Gasteiger partial charge in [-0.25, -0.2) is 0 Å². The van der Waals surface area contributed by atoms with Crippen molar-refractivity contribution < 1.29 is 0 Å². The number of hydrogen-bond donors (Lipinski definition) is 1. The third-order valence-corrected chi connectivity index (χ3v) is 2.76. The number of anilines is 1. The molecule has 1 aromatic carbocycles. The van der Waals surface area contributed by atoms with Gasteiger partial charge < -0.3 is 10.6 Å². The van der Waals surface area contributed by atoms with Crippen LogP contribution in [0.25, 0.3) is 0 Å². The van der Waals surface area contributed by atoms with Crippen LogP contribution in [-0.4, -0.2) is 13.6 Å². The SMILES string of the molecule is CN1CCCC(N)c2ccccc21.Cl.Cl. The van der Waals surface area contributed by atoms with E-state index in [1.54, 1.807) is 0 Å². The molecule has 1 atom stereocenters. The summed E-state index contributed by atoms with van der Waals surface area (Å²) in [4.78, 5) is 2.29. The average molecular weight is 249 g/mol. The van der Waals surface area contributed by atoms with Crippen molar-refractivity contribution in [3.05, 3.63) is 29.8 Å². The predicted octanol–water partition coefficient (Wildman–Crippen LogP) is 2.76. The highest BCUT2D eigenvalue weighted by atomic mass is 35.5. The molecule has 0 aromatic heterocycles. The predicted molar refractivity (Wildman–Crippen MR) is 70.4 cm³/mol. The number of rotatable bonds is 0. The quantitative estimate of drug-likeness (QED) is 0.766. The summed E-state index contributed by atoms with van der Waals surface area (Å²) in [5.41, 5.74) is 8.67. The molecule has 1 unspecified atom stereocenters. The van der Waals surface area contributed by atoms with E-state index >= 15 is 0 Å². The fourth-order valence-corrected chi connectivity index (χ4v) is 1.97. The summed E-state index contributed by atoms with van der Waals surface area (Å²) in [5.74, 6) is 0. The first kappa shape index (κ1) is 14.6. The van der Waals surface area contributed by atoms with Crippen molar-refractivity contribution in [2.45, 2.75) is 18.9 Å². The normalized spacial score (nSPS) is 19.3. The molecule has 0 amide bonds. The van der Waals surface area contributed by atoms with Crippen LogP contribution in [0, 0.1) is 0 Å². The molecule has 2 nitrogen and oxygen atoms in total. The molecule has 1 aliphatic heterocycles.